The summed E-state index contributed by atoms with van der Waals surface area (Å²) < 4.78 is 5.94. The van der Waals surface area contributed by atoms with Crippen LogP contribution in [0.25, 0.3) is 0 Å². The van der Waals surface area contributed by atoms with Gasteiger partial charge in [0.1, 0.15) is 0 Å². The molecule has 3 fully saturated rings. The molecule has 2 N–H and O–H groups in total. The molecule has 0 spiro atoms. The molecule has 25 heavy (non-hydrogen) atoms. The van der Waals surface area contributed by atoms with E-state index in [-0.39, 0.29) is 29.5 Å². The maximum Gasteiger partial charge on any atom is 0.191 e. The lowest BCUT2D eigenvalue weighted by Gasteiger charge is -2.45. The molecule has 0 aromatic heterocycles. The van der Waals surface area contributed by atoms with Crippen LogP contribution in [0.15, 0.2) is 4.99 Å². The van der Waals surface area contributed by atoms with E-state index in [1.54, 1.807) is 0 Å². The van der Waals surface area contributed by atoms with Gasteiger partial charge in [-0.1, -0.05) is 13.8 Å². The predicted molar refractivity (Wildman–Crippen MR) is 115 cm³/mol. The van der Waals surface area contributed by atoms with Crippen molar-refractivity contribution < 1.29 is 4.74 Å². The van der Waals surface area contributed by atoms with E-state index in [2.05, 4.69) is 48.2 Å². The number of piperidine rings is 1. The molecule has 0 amide bonds. The highest BCUT2D eigenvalue weighted by Crippen LogP contribution is 2.34. The number of nitrogens with zero attached hydrogens (tertiary/aromatic N) is 2. The highest BCUT2D eigenvalue weighted by atomic mass is 127. The summed E-state index contributed by atoms with van der Waals surface area (Å²) in [4.78, 5) is 7.08. The van der Waals surface area contributed by atoms with Gasteiger partial charge in [-0.3, -0.25) is 9.89 Å². The first kappa shape index (κ1) is 21.2. The highest BCUT2D eigenvalue weighted by Gasteiger charge is 2.41. The van der Waals surface area contributed by atoms with Gasteiger partial charge in [0.15, 0.2) is 5.96 Å². The SMILES string of the molecule is CN=C(NCC(C)(C)N1CC(C)CC(C)C1)NC1CC2CCC1O2.I. The Hall–Kier alpha value is -0.0800. The first-order valence-corrected chi connectivity index (χ1v) is 9.75. The number of hydrogen-bond donors (Lipinski definition) is 2. The fourth-order valence-corrected chi connectivity index (χ4v) is 4.73. The molecule has 0 aromatic rings. The van der Waals surface area contributed by atoms with Crippen LogP contribution in [0.3, 0.4) is 0 Å². The second kappa shape index (κ2) is 8.74. The van der Waals surface area contributed by atoms with Crippen molar-refractivity contribution in [3.05, 3.63) is 0 Å². The summed E-state index contributed by atoms with van der Waals surface area (Å²) in [5, 5.41) is 7.15. The Kier molecular flexibility index (Phi) is 7.42. The summed E-state index contributed by atoms with van der Waals surface area (Å²) in [5.41, 5.74) is 0.131. The second-order valence-corrected chi connectivity index (χ2v) is 8.95. The Balaban J connectivity index is 0.00000225. The Morgan fingerprint density at radius 3 is 2.36 bits per heavy atom. The van der Waals surface area contributed by atoms with Gasteiger partial charge in [0, 0.05) is 32.2 Å². The maximum absolute atomic E-state index is 5.94. The van der Waals surface area contributed by atoms with Crippen molar-refractivity contribution in [2.24, 2.45) is 16.8 Å². The lowest BCUT2D eigenvalue weighted by Crippen LogP contribution is -2.58. The number of nitrogens with one attached hydrogen (secondary N) is 2. The molecule has 0 radical (unpaired) electrons. The van der Waals surface area contributed by atoms with Gasteiger partial charge in [0.2, 0.25) is 0 Å². The second-order valence-electron chi connectivity index (χ2n) is 8.95. The monoisotopic (exact) mass is 464 g/mol. The third-order valence-corrected chi connectivity index (χ3v) is 6.07. The number of fused-ring (bicyclic) bond motifs is 2. The molecule has 3 heterocycles. The molecule has 0 aromatic carbocycles. The fourth-order valence-electron chi connectivity index (χ4n) is 4.73. The minimum Gasteiger partial charge on any atom is -0.373 e. The van der Waals surface area contributed by atoms with E-state index in [1.807, 2.05) is 7.05 Å². The van der Waals surface area contributed by atoms with Crippen LogP contribution in [-0.2, 0) is 4.74 Å². The Morgan fingerprint density at radius 2 is 1.84 bits per heavy atom. The standard InChI is InChI=1S/C19H36N4O.HI/c1-13-8-14(2)11-23(10-13)19(3,4)12-21-18(20-5)22-16-9-15-6-7-17(16)24-15;/h13-17H,6-12H2,1-5H3,(H2,20,21,22);1H. The van der Waals surface area contributed by atoms with E-state index in [9.17, 15) is 0 Å². The highest BCUT2D eigenvalue weighted by molar-refractivity contribution is 14.0. The molecule has 5 nitrogen and oxygen atoms in total. The van der Waals surface area contributed by atoms with Gasteiger partial charge in [-0.2, -0.15) is 0 Å². The summed E-state index contributed by atoms with van der Waals surface area (Å²) in [6.07, 6.45) is 5.74. The number of aliphatic imine (C=N–C) groups is 1. The van der Waals surface area contributed by atoms with Crippen molar-refractivity contribution in [3.8, 4) is 0 Å². The maximum atomic E-state index is 5.94. The van der Waals surface area contributed by atoms with Gasteiger partial charge in [-0.15, -0.1) is 24.0 Å². The summed E-state index contributed by atoms with van der Waals surface area (Å²) in [6.45, 7) is 12.8. The number of guanidine groups is 1. The van der Waals surface area contributed by atoms with Gasteiger partial charge in [0.05, 0.1) is 18.2 Å². The van der Waals surface area contributed by atoms with Gasteiger partial charge < -0.3 is 15.4 Å². The van der Waals surface area contributed by atoms with Gasteiger partial charge >= 0.3 is 0 Å². The van der Waals surface area contributed by atoms with Crippen LogP contribution in [0.5, 0.6) is 0 Å². The molecular formula is C19H37IN4O. The Morgan fingerprint density at radius 1 is 1.16 bits per heavy atom. The van der Waals surface area contributed by atoms with Crippen LogP contribution in [0, 0.1) is 11.8 Å². The van der Waals surface area contributed by atoms with E-state index < -0.39 is 0 Å². The smallest absolute Gasteiger partial charge is 0.191 e. The van der Waals surface area contributed by atoms with Crippen LogP contribution in [0.2, 0.25) is 0 Å². The number of ether oxygens (including phenoxy) is 1. The predicted octanol–water partition coefficient (Wildman–Crippen LogP) is 2.85. The molecule has 0 saturated carbocycles. The zero-order chi connectivity index (χ0) is 17.3. The molecule has 2 bridgehead atoms. The van der Waals surface area contributed by atoms with Gasteiger partial charge in [-0.05, 0) is 51.4 Å². The molecule has 5 unspecified atom stereocenters. The van der Waals surface area contributed by atoms with E-state index >= 15 is 0 Å². The molecule has 3 saturated heterocycles. The van der Waals surface area contributed by atoms with Gasteiger partial charge in [0.25, 0.3) is 0 Å². The number of hydrogen-bond acceptors (Lipinski definition) is 3. The van der Waals surface area contributed by atoms with Crippen molar-refractivity contribution in [1.29, 1.82) is 0 Å². The molecule has 6 heteroatoms. The van der Waals surface area contributed by atoms with E-state index in [4.69, 9.17) is 4.74 Å². The summed E-state index contributed by atoms with van der Waals surface area (Å²) in [7, 11) is 1.86. The number of rotatable bonds is 4. The van der Waals surface area contributed by atoms with Crippen LogP contribution in [0.4, 0.5) is 0 Å². The van der Waals surface area contributed by atoms with Crippen molar-refractivity contribution in [1.82, 2.24) is 15.5 Å². The first-order valence-electron chi connectivity index (χ1n) is 9.75. The fraction of sp³-hybridized carbons (Fsp3) is 0.947. The lowest BCUT2D eigenvalue weighted by molar-refractivity contribution is 0.0483. The summed E-state index contributed by atoms with van der Waals surface area (Å²) in [6, 6.07) is 0.424. The van der Waals surface area contributed by atoms with Crippen molar-refractivity contribution >= 4 is 29.9 Å². The van der Waals surface area contributed by atoms with Gasteiger partial charge in [-0.25, -0.2) is 0 Å². The quantitative estimate of drug-likeness (QED) is 0.382. The molecule has 3 aliphatic rings. The average molecular weight is 464 g/mol. The molecule has 146 valence electrons. The topological polar surface area (TPSA) is 48.9 Å². The minimum absolute atomic E-state index is 0. The lowest BCUT2D eigenvalue weighted by atomic mass is 9.88. The van der Waals surface area contributed by atoms with E-state index in [0.29, 0.717) is 18.2 Å². The average Bonchev–Trinajstić information content (AvgIpc) is 3.13. The third-order valence-electron chi connectivity index (χ3n) is 6.07. The first-order chi connectivity index (χ1) is 11.4. The molecule has 3 rings (SSSR count). The minimum atomic E-state index is 0. The largest absolute Gasteiger partial charge is 0.373 e. The normalized spacial score (nSPS) is 36.2. The van der Waals surface area contributed by atoms with Crippen molar-refractivity contribution in [3.63, 3.8) is 0 Å². The Labute approximate surface area is 170 Å². The van der Waals surface area contributed by atoms with Crippen LogP contribution < -0.4 is 10.6 Å². The zero-order valence-corrected chi connectivity index (χ0v) is 18.9. The van der Waals surface area contributed by atoms with E-state index in [0.717, 1.165) is 30.8 Å². The van der Waals surface area contributed by atoms with Crippen LogP contribution >= 0.6 is 24.0 Å². The van der Waals surface area contributed by atoms with Crippen molar-refractivity contribution in [2.45, 2.75) is 77.2 Å². The number of likely N-dealkylation sites (tertiary alicyclic amines) is 1. The Bertz CT molecular complexity index is 460. The zero-order valence-electron chi connectivity index (χ0n) is 16.5. The summed E-state index contributed by atoms with van der Waals surface area (Å²) >= 11 is 0. The van der Waals surface area contributed by atoms with Crippen LogP contribution in [0.1, 0.15) is 53.4 Å². The molecule has 0 aliphatic carbocycles. The molecule has 3 aliphatic heterocycles. The van der Waals surface area contributed by atoms with E-state index in [1.165, 1.54) is 32.4 Å². The van der Waals surface area contributed by atoms with Crippen molar-refractivity contribution in [2.75, 3.05) is 26.7 Å². The molecular weight excluding hydrogens is 427 g/mol. The molecule has 5 atom stereocenters. The summed E-state index contributed by atoms with van der Waals surface area (Å²) in [5.74, 6) is 2.50. The third kappa shape index (κ3) is 5.22. The van der Waals surface area contributed by atoms with Crippen LogP contribution in [-0.4, -0.2) is 61.3 Å². The number of halogens is 1.